The normalized spacial score (nSPS) is 18.8. The Bertz CT molecular complexity index is 1540. The maximum atomic E-state index is 14.0. The number of nitrogens with zero attached hydrogens (tertiary/aromatic N) is 5. The predicted octanol–water partition coefficient (Wildman–Crippen LogP) is 4.53. The van der Waals surface area contributed by atoms with Crippen LogP contribution in [0.1, 0.15) is 46.4 Å². The lowest BCUT2D eigenvalue weighted by Crippen LogP contribution is -2.40. The lowest BCUT2D eigenvalue weighted by Gasteiger charge is -2.33. The van der Waals surface area contributed by atoms with E-state index in [-0.39, 0.29) is 5.91 Å². The van der Waals surface area contributed by atoms with Gasteiger partial charge in [-0.3, -0.25) is 4.79 Å². The number of aromatic nitrogens is 4. The summed E-state index contributed by atoms with van der Waals surface area (Å²) in [5, 5.41) is 5.48. The molecule has 5 aromatic rings. The molecule has 2 aliphatic rings. The largest absolute Gasteiger partial charge is 0.458 e. The summed E-state index contributed by atoms with van der Waals surface area (Å²) in [4.78, 5) is 25.8. The lowest BCUT2D eigenvalue weighted by molar-refractivity contribution is 0.0674. The number of hydrogen-bond acceptors (Lipinski definition) is 5. The quantitative estimate of drug-likeness (QED) is 0.407. The fraction of sp³-hybridized carbons (Fsp3) is 0.296. The number of benzene rings is 1. The molecule has 0 spiro atoms. The topological polar surface area (TPSA) is 82.7 Å². The summed E-state index contributed by atoms with van der Waals surface area (Å²) in [6.07, 6.45) is 6.26. The smallest absolute Gasteiger partial charge is 0.258 e. The molecule has 182 valence electrons. The van der Waals surface area contributed by atoms with Crippen molar-refractivity contribution in [3.8, 4) is 0 Å². The molecule has 8 nitrogen and oxygen atoms in total. The number of piperidine rings is 1. The van der Waals surface area contributed by atoms with Crippen LogP contribution in [0, 0.1) is 0 Å². The number of nitrogens with one attached hydrogen (secondary N) is 1. The van der Waals surface area contributed by atoms with Crippen LogP contribution in [-0.2, 0) is 6.42 Å². The molecule has 9 heteroatoms. The van der Waals surface area contributed by atoms with E-state index in [1.165, 1.54) is 0 Å². The molecule has 6 heterocycles. The molecule has 1 amide bonds. The van der Waals surface area contributed by atoms with Crippen molar-refractivity contribution in [3.05, 3.63) is 83.9 Å². The van der Waals surface area contributed by atoms with E-state index in [1.807, 2.05) is 53.6 Å². The number of carbonyl (C=O) groups is 1. The van der Waals surface area contributed by atoms with Crippen molar-refractivity contribution in [2.24, 2.45) is 0 Å². The van der Waals surface area contributed by atoms with Crippen LogP contribution >= 0.6 is 0 Å². The molecule has 0 radical (unpaired) electrons. The van der Waals surface area contributed by atoms with Gasteiger partial charge in [0.1, 0.15) is 23.6 Å². The number of fused-ring (bicyclic) bond motifs is 3. The number of halogens is 1. The van der Waals surface area contributed by atoms with Gasteiger partial charge in [0.05, 0.1) is 41.2 Å². The molecule has 0 bridgehead atoms. The van der Waals surface area contributed by atoms with Crippen molar-refractivity contribution in [3.63, 3.8) is 0 Å². The molecule has 1 saturated heterocycles. The minimum absolute atomic E-state index is 0.116. The van der Waals surface area contributed by atoms with Crippen LogP contribution in [0.5, 0.6) is 0 Å². The highest BCUT2D eigenvalue weighted by molar-refractivity contribution is 6.01. The molecule has 7 rings (SSSR count). The monoisotopic (exact) mass is 484 g/mol. The summed E-state index contributed by atoms with van der Waals surface area (Å²) in [5.41, 5.74) is 4.86. The van der Waals surface area contributed by atoms with E-state index in [2.05, 4.69) is 20.0 Å². The molecule has 0 saturated carbocycles. The number of alkyl halides is 1. The van der Waals surface area contributed by atoms with Gasteiger partial charge in [0.25, 0.3) is 5.91 Å². The number of amides is 1. The predicted molar refractivity (Wildman–Crippen MR) is 133 cm³/mol. The molecule has 4 aromatic heterocycles. The minimum atomic E-state index is -0.724. The number of aromatic amines is 1. The lowest BCUT2D eigenvalue weighted by atomic mass is 9.99. The van der Waals surface area contributed by atoms with E-state index in [1.54, 1.807) is 17.0 Å². The SMILES string of the molecule is O=C(c1cnn2cc(N3CCC(F)CC3)ccc12)N1CCc2[nH]cnc2[C@H]1c1cc2ccccc2o1. The maximum Gasteiger partial charge on any atom is 0.258 e. The van der Waals surface area contributed by atoms with Crippen LogP contribution in [0.25, 0.3) is 16.5 Å². The van der Waals surface area contributed by atoms with Gasteiger partial charge < -0.3 is 19.2 Å². The number of rotatable bonds is 3. The third-order valence-electron chi connectivity index (χ3n) is 7.42. The second-order valence-electron chi connectivity index (χ2n) is 9.54. The summed E-state index contributed by atoms with van der Waals surface area (Å²) >= 11 is 0. The van der Waals surface area contributed by atoms with Crippen molar-refractivity contribution in [1.82, 2.24) is 24.5 Å². The summed E-state index contributed by atoms with van der Waals surface area (Å²) in [6, 6.07) is 13.3. The fourth-order valence-electron chi connectivity index (χ4n) is 5.51. The van der Waals surface area contributed by atoms with E-state index in [9.17, 15) is 9.18 Å². The summed E-state index contributed by atoms with van der Waals surface area (Å²) < 4.78 is 21.5. The van der Waals surface area contributed by atoms with Crippen LogP contribution < -0.4 is 4.90 Å². The molecule has 36 heavy (non-hydrogen) atoms. The molecule has 1 aromatic carbocycles. The molecule has 1 fully saturated rings. The van der Waals surface area contributed by atoms with Gasteiger partial charge in [-0.1, -0.05) is 18.2 Å². The first-order valence-electron chi connectivity index (χ1n) is 12.3. The van der Waals surface area contributed by atoms with E-state index >= 15 is 0 Å². The summed E-state index contributed by atoms with van der Waals surface area (Å²) in [5.74, 6) is 0.572. The number of anilines is 1. The van der Waals surface area contributed by atoms with Crippen LogP contribution in [0.3, 0.4) is 0 Å². The average molecular weight is 485 g/mol. The molecule has 2 aliphatic heterocycles. The van der Waals surface area contributed by atoms with Gasteiger partial charge in [0, 0.05) is 37.1 Å². The highest BCUT2D eigenvalue weighted by atomic mass is 19.1. The van der Waals surface area contributed by atoms with Gasteiger partial charge in [-0.25, -0.2) is 13.9 Å². The number of pyridine rings is 1. The summed E-state index contributed by atoms with van der Waals surface area (Å²) in [7, 11) is 0. The Labute approximate surface area is 206 Å². The first-order chi connectivity index (χ1) is 17.7. The Morgan fingerprint density at radius 1 is 1.11 bits per heavy atom. The second kappa shape index (κ2) is 8.22. The molecule has 1 atom stereocenters. The third-order valence-corrected chi connectivity index (χ3v) is 7.42. The van der Waals surface area contributed by atoms with Crippen LogP contribution in [0.15, 0.2) is 65.6 Å². The Hall–Kier alpha value is -4.14. The summed E-state index contributed by atoms with van der Waals surface area (Å²) in [6.45, 7) is 1.89. The van der Waals surface area contributed by atoms with Gasteiger partial charge in [-0.05, 0) is 37.1 Å². The van der Waals surface area contributed by atoms with Gasteiger partial charge in [-0.2, -0.15) is 5.10 Å². The first kappa shape index (κ1) is 21.2. The molecular weight excluding hydrogens is 459 g/mol. The van der Waals surface area contributed by atoms with E-state index in [0.717, 1.165) is 33.6 Å². The second-order valence-corrected chi connectivity index (χ2v) is 9.54. The fourth-order valence-corrected chi connectivity index (χ4v) is 5.51. The first-order valence-corrected chi connectivity index (χ1v) is 12.3. The number of furan rings is 1. The van der Waals surface area contributed by atoms with Gasteiger partial charge in [0.2, 0.25) is 0 Å². The molecule has 1 N–H and O–H groups in total. The Morgan fingerprint density at radius 3 is 2.83 bits per heavy atom. The van der Waals surface area contributed by atoms with Gasteiger partial charge in [0.15, 0.2) is 0 Å². The zero-order chi connectivity index (χ0) is 24.2. The zero-order valence-electron chi connectivity index (χ0n) is 19.6. The van der Waals surface area contributed by atoms with Gasteiger partial charge in [-0.15, -0.1) is 0 Å². The number of hydrogen-bond donors (Lipinski definition) is 1. The van der Waals surface area contributed by atoms with Crippen molar-refractivity contribution in [2.45, 2.75) is 31.5 Å². The zero-order valence-corrected chi connectivity index (χ0v) is 19.6. The van der Waals surface area contributed by atoms with Gasteiger partial charge >= 0.3 is 0 Å². The van der Waals surface area contributed by atoms with Crippen LogP contribution in [0.2, 0.25) is 0 Å². The van der Waals surface area contributed by atoms with E-state index in [0.29, 0.717) is 50.2 Å². The van der Waals surface area contributed by atoms with Crippen molar-refractivity contribution in [2.75, 3.05) is 24.5 Å². The highest BCUT2D eigenvalue weighted by Crippen LogP contribution is 2.37. The Kier molecular flexibility index (Phi) is 4.83. The van der Waals surface area contributed by atoms with Crippen LogP contribution in [-0.4, -0.2) is 56.2 Å². The van der Waals surface area contributed by atoms with Crippen molar-refractivity contribution < 1.29 is 13.6 Å². The molecule has 0 unspecified atom stereocenters. The highest BCUT2D eigenvalue weighted by Gasteiger charge is 2.37. The van der Waals surface area contributed by atoms with Crippen molar-refractivity contribution in [1.29, 1.82) is 0 Å². The number of H-pyrrole nitrogens is 1. The minimum Gasteiger partial charge on any atom is -0.458 e. The average Bonchev–Trinajstić information content (AvgIpc) is 3.65. The Morgan fingerprint density at radius 2 is 1.97 bits per heavy atom. The standard InChI is InChI=1S/C27H25FN6O2/c28-18-7-10-32(11-8-18)19-5-6-22-20(14-31-34(22)15-19)27(35)33-12-9-21-25(30-16-29-21)26(33)24-13-17-3-1-2-4-23(17)36-24/h1-6,13-16,18,26H,7-12H2,(H,29,30)/t26-/m1/s1. The number of carbonyl (C=O) groups excluding carboxylic acids is 1. The Balaban J connectivity index is 1.25. The van der Waals surface area contributed by atoms with Crippen LogP contribution in [0.4, 0.5) is 10.1 Å². The number of para-hydroxylation sites is 1. The molecular formula is C27H25FN6O2. The molecule has 0 aliphatic carbocycles. The van der Waals surface area contributed by atoms with E-state index < -0.39 is 12.2 Å². The maximum absolute atomic E-state index is 14.0. The number of imidazole rings is 1. The van der Waals surface area contributed by atoms with E-state index in [4.69, 9.17) is 4.42 Å². The van der Waals surface area contributed by atoms with Crippen molar-refractivity contribution >= 4 is 28.1 Å². The third kappa shape index (κ3) is 3.37.